The molecule has 0 saturated carbocycles. The summed E-state index contributed by atoms with van der Waals surface area (Å²) in [5, 5.41) is 3.28. The second kappa shape index (κ2) is 9.51. The third-order valence-electron chi connectivity index (χ3n) is 6.30. The lowest BCUT2D eigenvalue weighted by Gasteiger charge is -2.35. The van der Waals surface area contributed by atoms with Crippen molar-refractivity contribution in [2.45, 2.75) is 45.4 Å². The maximum absolute atomic E-state index is 12.6. The lowest BCUT2D eigenvalue weighted by molar-refractivity contribution is -0.134. The minimum absolute atomic E-state index is 0.295. The summed E-state index contributed by atoms with van der Waals surface area (Å²) in [7, 11) is 0. The van der Waals surface area contributed by atoms with Gasteiger partial charge in [0, 0.05) is 48.5 Å². The van der Waals surface area contributed by atoms with E-state index in [2.05, 4.69) is 38.1 Å². The van der Waals surface area contributed by atoms with Gasteiger partial charge in [-0.25, -0.2) is 9.97 Å². The van der Waals surface area contributed by atoms with Gasteiger partial charge in [-0.3, -0.25) is 14.7 Å². The van der Waals surface area contributed by atoms with E-state index in [-0.39, 0.29) is 0 Å². The van der Waals surface area contributed by atoms with Crippen molar-refractivity contribution in [2.24, 2.45) is 5.92 Å². The molecule has 2 aliphatic rings. The molecule has 0 radical (unpaired) electrons. The maximum Gasteiger partial charge on any atom is 0.236 e. The summed E-state index contributed by atoms with van der Waals surface area (Å²) in [6, 6.07) is 5.94. The fourth-order valence-electron chi connectivity index (χ4n) is 4.40. The molecule has 0 aliphatic carbocycles. The van der Waals surface area contributed by atoms with Crippen molar-refractivity contribution in [1.82, 2.24) is 24.8 Å². The van der Waals surface area contributed by atoms with Crippen LogP contribution < -0.4 is 5.32 Å². The first kappa shape index (κ1) is 20.7. The van der Waals surface area contributed by atoms with E-state index in [4.69, 9.17) is 4.98 Å². The molecule has 1 N–H and O–H groups in total. The highest BCUT2D eigenvalue weighted by atomic mass is 16.2. The SMILES string of the molecule is Cc1cc(Nc2ncccn2)cc(C2CCN(CC(=O)N3CCC(C)CC3)CC2)n1. The molecular weight excluding hydrogens is 376 g/mol. The number of hydrogen-bond donors (Lipinski definition) is 1. The average Bonchev–Trinajstić information content (AvgIpc) is 2.75. The fourth-order valence-corrected chi connectivity index (χ4v) is 4.40. The quantitative estimate of drug-likeness (QED) is 0.818. The molecular formula is C23H32N6O. The number of anilines is 2. The topological polar surface area (TPSA) is 74.2 Å². The van der Waals surface area contributed by atoms with E-state index in [1.54, 1.807) is 18.5 Å². The minimum atomic E-state index is 0.295. The predicted octanol–water partition coefficient (Wildman–Crippen LogP) is 3.36. The molecule has 2 aromatic rings. The molecule has 0 unspecified atom stereocenters. The number of amides is 1. The first-order valence-corrected chi connectivity index (χ1v) is 11.1. The second-order valence-corrected chi connectivity index (χ2v) is 8.73. The third-order valence-corrected chi connectivity index (χ3v) is 6.30. The van der Waals surface area contributed by atoms with Crippen LogP contribution >= 0.6 is 0 Å². The highest BCUT2D eigenvalue weighted by molar-refractivity contribution is 5.78. The van der Waals surface area contributed by atoms with E-state index in [1.807, 2.05) is 13.0 Å². The van der Waals surface area contributed by atoms with Gasteiger partial charge in [-0.1, -0.05) is 6.92 Å². The largest absolute Gasteiger partial charge is 0.342 e. The molecule has 30 heavy (non-hydrogen) atoms. The highest BCUT2D eigenvalue weighted by Crippen LogP contribution is 2.29. The van der Waals surface area contributed by atoms with Crippen LogP contribution in [0.4, 0.5) is 11.6 Å². The number of carbonyl (C=O) groups is 1. The summed E-state index contributed by atoms with van der Waals surface area (Å²) in [5.74, 6) is 2.06. The van der Waals surface area contributed by atoms with Gasteiger partial charge in [0.2, 0.25) is 11.9 Å². The number of rotatable bonds is 5. The van der Waals surface area contributed by atoms with Gasteiger partial charge in [-0.15, -0.1) is 0 Å². The predicted molar refractivity (Wildman–Crippen MR) is 118 cm³/mol. The first-order chi connectivity index (χ1) is 14.6. The lowest BCUT2D eigenvalue weighted by Crippen LogP contribution is -2.45. The normalized spacial score (nSPS) is 19.1. The third kappa shape index (κ3) is 5.33. The lowest BCUT2D eigenvalue weighted by atomic mass is 9.92. The molecule has 0 spiro atoms. The average molecular weight is 409 g/mol. The molecule has 2 saturated heterocycles. The summed E-state index contributed by atoms with van der Waals surface area (Å²) in [4.78, 5) is 30.3. The number of aromatic nitrogens is 3. The van der Waals surface area contributed by atoms with E-state index >= 15 is 0 Å². The van der Waals surface area contributed by atoms with Gasteiger partial charge in [0.1, 0.15) is 0 Å². The molecule has 0 bridgehead atoms. The van der Waals surface area contributed by atoms with Gasteiger partial charge in [0.15, 0.2) is 0 Å². The molecule has 2 aliphatic heterocycles. The standard InChI is InChI=1S/C23H32N6O/c1-17-4-12-29(13-5-17)22(30)16-28-10-6-19(7-11-28)21-15-20(14-18(2)26-21)27-23-24-8-3-9-25-23/h3,8-9,14-15,17,19H,4-7,10-13,16H2,1-2H3,(H,24,25,26,27). The molecule has 4 heterocycles. The van der Waals surface area contributed by atoms with Crippen LogP contribution in [0, 0.1) is 12.8 Å². The van der Waals surface area contributed by atoms with Crippen LogP contribution in [-0.2, 0) is 4.79 Å². The Balaban J connectivity index is 1.32. The Kier molecular flexibility index (Phi) is 6.57. The maximum atomic E-state index is 12.6. The van der Waals surface area contributed by atoms with Crippen molar-refractivity contribution >= 4 is 17.5 Å². The summed E-state index contributed by atoms with van der Waals surface area (Å²) >= 11 is 0. The zero-order valence-corrected chi connectivity index (χ0v) is 18.0. The molecule has 4 rings (SSSR count). The van der Waals surface area contributed by atoms with Gasteiger partial charge >= 0.3 is 0 Å². The molecule has 2 aromatic heterocycles. The second-order valence-electron chi connectivity index (χ2n) is 8.73. The molecule has 0 atom stereocenters. The molecule has 7 nitrogen and oxygen atoms in total. The Morgan fingerprint density at radius 2 is 1.77 bits per heavy atom. The number of aryl methyl sites for hydroxylation is 1. The number of pyridine rings is 1. The molecule has 2 fully saturated rings. The Morgan fingerprint density at radius 1 is 1.07 bits per heavy atom. The smallest absolute Gasteiger partial charge is 0.236 e. The number of likely N-dealkylation sites (tertiary alicyclic amines) is 2. The number of hydrogen-bond acceptors (Lipinski definition) is 6. The summed E-state index contributed by atoms with van der Waals surface area (Å²) in [6.45, 7) is 8.59. The zero-order chi connectivity index (χ0) is 20.9. The zero-order valence-electron chi connectivity index (χ0n) is 18.0. The minimum Gasteiger partial charge on any atom is -0.342 e. The summed E-state index contributed by atoms with van der Waals surface area (Å²) in [6.07, 6.45) is 7.79. The van der Waals surface area contributed by atoms with Crippen molar-refractivity contribution in [2.75, 3.05) is 38.0 Å². The Hall–Kier alpha value is -2.54. The van der Waals surface area contributed by atoms with Gasteiger partial charge < -0.3 is 10.2 Å². The van der Waals surface area contributed by atoms with Crippen LogP contribution in [0.25, 0.3) is 0 Å². The molecule has 1 amide bonds. The molecule has 0 aromatic carbocycles. The highest BCUT2D eigenvalue weighted by Gasteiger charge is 2.26. The summed E-state index contributed by atoms with van der Waals surface area (Å²) in [5.41, 5.74) is 3.08. The molecule has 7 heteroatoms. The number of nitrogens with one attached hydrogen (secondary N) is 1. The van der Waals surface area contributed by atoms with Crippen molar-refractivity contribution < 1.29 is 4.79 Å². The van der Waals surface area contributed by atoms with Gasteiger partial charge in [0.05, 0.1) is 6.54 Å². The van der Waals surface area contributed by atoms with Crippen molar-refractivity contribution in [3.05, 3.63) is 42.0 Å². The van der Waals surface area contributed by atoms with Gasteiger partial charge in [0.25, 0.3) is 0 Å². The number of nitrogens with zero attached hydrogens (tertiary/aromatic N) is 5. The van der Waals surface area contributed by atoms with E-state index in [9.17, 15) is 4.79 Å². The van der Waals surface area contributed by atoms with Crippen LogP contribution in [0.15, 0.2) is 30.6 Å². The Bertz CT molecular complexity index is 842. The number of piperidine rings is 2. The van der Waals surface area contributed by atoms with Gasteiger partial charge in [-0.05, 0) is 69.8 Å². The summed E-state index contributed by atoms with van der Waals surface area (Å²) < 4.78 is 0. The van der Waals surface area contributed by atoms with E-state index in [0.717, 1.165) is 74.9 Å². The van der Waals surface area contributed by atoms with Crippen molar-refractivity contribution in [1.29, 1.82) is 0 Å². The van der Waals surface area contributed by atoms with E-state index in [0.29, 0.717) is 24.3 Å². The Labute approximate surface area is 178 Å². The molecule has 160 valence electrons. The van der Waals surface area contributed by atoms with E-state index < -0.39 is 0 Å². The fraction of sp³-hybridized carbons (Fsp3) is 0.565. The number of carbonyl (C=O) groups excluding carboxylic acids is 1. The van der Waals surface area contributed by atoms with E-state index in [1.165, 1.54) is 0 Å². The van der Waals surface area contributed by atoms with Crippen molar-refractivity contribution in [3.8, 4) is 0 Å². The van der Waals surface area contributed by atoms with Crippen LogP contribution in [-0.4, -0.2) is 63.4 Å². The van der Waals surface area contributed by atoms with Crippen LogP contribution in [0.1, 0.15) is 49.9 Å². The first-order valence-electron chi connectivity index (χ1n) is 11.1. The van der Waals surface area contributed by atoms with Crippen LogP contribution in [0.3, 0.4) is 0 Å². The van der Waals surface area contributed by atoms with Crippen molar-refractivity contribution in [3.63, 3.8) is 0 Å². The van der Waals surface area contributed by atoms with Crippen LogP contribution in [0.2, 0.25) is 0 Å². The van der Waals surface area contributed by atoms with Crippen LogP contribution in [0.5, 0.6) is 0 Å². The monoisotopic (exact) mass is 408 g/mol. The Morgan fingerprint density at radius 3 is 2.47 bits per heavy atom. The van der Waals surface area contributed by atoms with Gasteiger partial charge in [-0.2, -0.15) is 0 Å².